The molecule has 2 rings (SSSR count). The smallest absolute Gasteiger partial charge is 0.241 e. The van der Waals surface area contributed by atoms with Crippen molar-refractivity contribution in [1.82, 2.24) is 10.0 Å². The van der Waals surface area contributed by atoms with Crippen molar-refractivity contribution in [2.45, 2.75) is 43.0 Å². The normalized spacial score (nSPS) is 16.6. The lowest BCUT2D eigenvalue weighted by Gasteiger charge is -2.22. The molecule has 21 heavy (non-hydrogen) atoms. The first-order valence-electron chi connectivity index (χ1n) is 7.02. The van der Waals surface area contributed by atoms with E-state index in [0.29, 0.717) is 0 Å². The number of halogens is 1. The van der Waals surface area contributed by atoms with Gasteiger partial charge in [-0.2, -0.15) is 0 Å². The molecule has 0 aliphatic heterocycles. The zero-order valence-electron chi connectivity index (χ0n) is 11.6. The summed E-state index contributed by atoms with van der Waals surface area (Å²) in [7, 11) is -3.64. The van der Waals surface area contributed by atoms with Crippen LogP contribution >= 0.6 is 15.9 Å². The molecule has 5 nitrogen and oxygen atoms in total. The summed E-state index contributed by atoms with van der Waals surface area (Å²) in [6.45, 7) is -0.227. The van der Waals surface area contributed by atoms with Gasteiger partial charge >= 0.3 is 0 Å². The number of sulfonamides is 1. The minimum Gasteiger partial charge on any atom is -0.352 e. The van der Waals surface area contributed by atoms with Crippen molar-refractivity contribution >= 4 is 31.9 Å². The van der Waals surface area contributed by atoms with Gasteiger partial charge in [0.1, 0.15) is 0 Å². The maximum atomic E-state index is 12.0. The second-order valence-electron chi connectivity index (χ2n) is 5.18. The molecular weight excluding hydrogens is 356 g/mol. The van der Waals surface area contributed by atoms with E-state index >= 15 is 0 Å². The van der Waals surface area contributed by atoms with E-state index in [1.807, 2.05) is 0 Å². The van der Waals surface area contributed by atoms with Crippen molar-refractivity contribution in [1.29, 1.82) is 0 Å². The summed E-state index contributed by atoms with van der Waals surface area (Å²) < 4.78 is 27.2. The van der Waals surface area contributed by atoms with E-state index in [9.17, 15) is 13.2 Å². The van der Waals surface area contributed by atoms with Gasteiger partial charge in [0.05, 0.1) is 11.4 Å². The van der Waals surface area contributed by atoms with E-state index in [0.717, 1.165) is 30.2 Å². The van der Waals surface area contributed by atoms with Crippen LogP contribution in [0.3, 0.4) is 0 Å². The molecule has 0 radical (unpaired) electrons. The predicted molar refractivity (Wildman–Crippen MR) is 84.3 cm³/mol. The van der Waals surface area contributed by atoms with Crippen molar-refractivity contribution in [3.05, 3.63) is 28.7 Å². The average molecular weight is 375 g/mol. The lowest BCUT2D eigenvalue weighted by Crippen LogP contribution is -2.42. The highest BCUT2D eigenvalue weighted by Gasteiger charge is 2.18. The largest absolute Gasteiger partial charge is 0.352 e. The zero-order chi connectivity index (χ0) is 15.3. The van der Waals surface area contributed by atoms with Crippen LogP contribution in [-0.4, -0.2) is 26.9 Å². The van der Waals surface area contributed by atoms with Gasteiger partial charge in [-0.25, -0.2) is 13.1 Å². The Bertz CT molecular complexity index is 581. The molecule has 1 aliphatic rings. The quantitative estimate of drug-likeness (QED) is 0.829. The summed E-state index contributed by atoms with van der Waals surface area (Å²) in [6, 6.07) is 6.47. The van der Waals surface area contributed by atoms with Crippen LogP contribution in [0.25, 0.3) is 0 Å². The Kier molecular flexibility index (Phi) is 5.78. The van der Waals surface area contributed by atoms with Gasteiger partial charge in [0.25, 0.3) is 0 Å². The highest BCUT2D eigenvalue weighted by molar-refractivity contribution is 9.10. The van der Waals surface area contributed by atoms with E-state index in [2.05, 4.69) is 26.0 Å². The molecule has 1 amide bonds. The second-order valence-corrected chi connectivity index (χ2v) is 7.86. The minimum absolute atomic E-state index is 0.149. The molecule has 1 fully saturated rings. The number of amides is 1. The lowest BCUT2D eigenvalue weighted by atomic mass is 9.95. The molecule has 1 aromatic carbocycles. The van der Waals surface area contributed by atoms with Crippen molar-refractivity contribution in [2.24, 2.45) is 0 Å². The van der Waals surface area contributed by atoms with E-state index in [-0.39, 0.29) is 23.4 Å². The first kappa shape index (κ1) is 16.5. The number of hydrogen-bond donors (Lipinski definition) is 2. The maximum Gasteiger partial charge on any atom is 0.241 e. The Labute approximate surface area is 133 Å². The van der Waals surface area contributed by atoms with Crippen LogP contribution in [0.5, 0.6) is 0 Å². The van der Waals surface area contributed by atoms with Crippen LogP contribution in [-0.2, 0) is 14.8 Å². The predicted octanol–water partition coefficient (Wildman–Crippen LogP) is 2.18. The van der Waals surface area contributed by atoms with E-state index in [4.69, 9.17) is 0 Å². The van der Waals surface area contributed by atoms with Crippen molar-refractivity contribution in [3.63, 3.8) is 0 Å². The van der Waals surface area contributed by atoms with E-state index < -0.39 is 10.0 Å². The van der Waals surface area contributed by atoms with Gasteiger partial charge in [0.15, 0.2) is 0 Å². The summed E-state index contributed by atoms with van der Waals surface area (Å²) in [6.07, 6.45) is 5.41. The van der Waals surface area contributed by atoms with Gasteiger partial charge in [-0.05, 0) is 37.1 Å². The fourth-order valence-electron chi connectivity index (χ4n) is 2.38. The van der Waals surface area contributed by atoms with Gasteiger partial charge in [-0.1, -0.05) is 35.2 Å². The van der Waals surface area contributed by atoms with Crippen molar-refractivity contribution in [2.75, 3.05) is 6.54 Å². The molecule has 7 heteroatoms. The Hall–Kier alpha value is -0.920. The fourth-order valence-corrected chi connectivity index (χ4v) is 3.63. The first-order valence-corrected chi connectivity index (χ1v) is 9.29. The Balaban J connectivity index is 1.86. The molecule has 0 saturated heterocycles. The number of rotatable bonds is 5. The van der Waals surface area contributed by atoms with Crippen LogP contribution in [0.15, 0.2) is 33.6 Å². The Morgan fingerprint density at radius 2 is 1.76 bits per heavy atom. The molecule has 0 bridgehead atoms. The molecule has 0 unspecified atom stereocenters. The van der Waals surface area contributed by atoms with Gasteiger partial charge in [0.2, 0.25) is 15.9 Å². The minimum atomic E-state index is -3.64. The lowest BCUT2D eigenvalue weighted by molar-refractivity contribution is -0.120. The third-order valence-corrected chi connectivity index (χ3v) is 5.46. The summed E-state index contributed by atoms with van der Waals surface area (Å²) in [4.78, 5) is 11.9. The molecule has 116 valence electrons. The van der Waals surface area contributed by atoms with Gasteiger partial charge < -0.3 is 5.32 Å². The SMILES string of the molecule is O=C(CNS(=O)(=O)c1ccc(Br)cc1)NC1CCCCC1. The topological polar surface area (TPSA) is 75.3 Å². The van der Waals surface area contributed by atoms with Crippen molar-refractivity contribution < 1.29 is 13.2 Å². The molecule has 0 atom stereocenters. The van der Waals surface area contributed by atoms with Gasteiger partial charge in [-0.3, -0.25) is 4.79 Å². The Morgan fingerprint density at radius 3 is 2.38 bits per heavy atom. The summed E-state index contributed by atoms with van der Waals surface area (Å²) >= 11 is 3.25. The zero-order valence-corrected chi connectivity index (χ0v) is 14.0. The van der Waals surface area contributed by atoms with Crippen LogP contribution in [0.4, 0.5) is 0 Å². The second kappa shape index (κ2) is 7.38. The van der Waals surface area contributed by atoms with Crippen LogP contribution in [0.2, 0.25) is 0 Å². The third kappa shape index (κ3) is 5.09. The van der Waals surface area contributed by atoms with Crippen LogP contribution in [0.1, 0.15) is 32.1 Å². The standard InChI is InChI=1S/C14H19BrN2O3S/c15-11-6-8-13(9-7-11)21(19,20)16-10-14(18)17-12-4-2-1-3-5-12/h6-9,12,16H,1-5,10H2,(H,17,18). The Morgan fingerprint density at radius 1 is 1.14 bits per heavy atom. The van der Waals surface area contributed by atoms with E-state index in [1.165, 1.54) is 18.6 Å². The number of nitrogens with one attached hydrogen (secondary N) is 2. The molecule has 1 aromatic rings. The summed E-state index contributed by atoms with van der Waals surface area (Å²) in [5.41, 5.74) is 0. The number of benzene rings is 1. The number of carbonyl (C=O) groups excluding carboxylic acids is 1. The fraction of sp³-hybridized carbons (Fsp3) is 0.500. The number of carbonyl (C=O) groups is 1. The first-order chi connectivity index (χ1) is 9.97. The third-order valence-electron chi connectivity index (χ3n) is 3.52. The summed E-state index contributed by atoms with van der Waals surface area (Å²) in [5, 5.41) is 2.88. The van der Waals surface area contributed by atoms with Crippen LogP contribution in [0, 0.1) is 0 Å². The molecule has 1 saturated carbocycles. The monoisotopic (exact) mass is 374 g/mol. The molecule has 2 N–H and O–H groups in total. The van der Waals surface area contributed by atoms with Gasteiger partial charge in [0, 0.05) is 10.5 Å². The molecule has 0 aromatic heterocycles. The van der Waals surface area contributed by atoms with Crippen molar-refractivity contribution in [3.8, 4) is 0 Å². The highest BCUT2D eigenvalue weighted by Crippen LogP contribution is 2.17. The summed E-state index contributed by atoms with van der Waals surface area (Å²) in [5.74, 6) is -0.275. The van der Waals surface area contributed by atoms with E-state index in [1.54, 1.807) is 12.1 Å². The number of hydrogen-bond acceptors (Lipinski definition) is 3. The molecule has 0 spiro atoms. The highest BCUT2D eigenvalue weighted by atomic mass is 79.9. The maximum absolute atomic E-state index is 12.0. The van der Waals surface area contributed by atoms with Gasteiger partial charge in [-0.15, -0.1) is 0 Å². The molecule has 0 heterocycles. The molecule has 1 aliphatic carbocycles. The average Bonchev–Trinajstić information content (AvgIpc) is 2.47. The van der Waals surface area contributed by atoms with Crippen LogP contribution < -0.4 is 10.0 Å². The molecular formula is C14H19BrN2O3S.